The molecule has 0 aromatic carbocycles. The Morgan fingerprint density at radius 3 is 1.39 bits per heavy atom. The molecule has 130 valence electrons. The fraction of sp³-hybridized carbons (Fsp3) is 1.00. The predicted octanol–water partition coefficient (Wildman–Crippen LogP) is 5.77. The molecule has 4 bridgehead atoms. The van der Waals surface area contributed by atoms with Gasteiger partial charge in [-0.2, -0.15) is 0 Å². The van der Waals surface area contributed by atoms with Gasteiger partial charge in [0.15, 0.2) is 0 Å². The van der Waals surface area contributed by atoms with Crippen molar-refractivity contribution in [3.63, 3.8) is 0 Å². The third kappa shape index (κ3) is 2.03. The first-order valence-corrected chi connectivity index (χ1v) is 10.2. The van der Waals surface area contributed by atoms with Gasteiger partial charge in [0.2, 0.25) is 0 Å². The van der Waals surface area contributed by atoms with Gasteiger partial charge in [0.25, 0.3) is 6.92 Å². The Hall–Kier alpha value is 0.0249. The van der Waals surface area contributed by atoms with E-state index in [0.717, 1.165) is 47.1 Å². The largest absolute Gasteiger partial charge is 0.438 e. The van der Waals surface area contributed by atoms with Crippen molar-refractivity contribution in [3.8, 4) is 0 Å². The fourth-order valence-electron chi connectivity index (χ4n) is 7.91. The lowest BCUT2D eigenvalue weighted by Crippen LogP contribution is -2.60. The van der Waals surface area contributed by atoms with Crippen LogP contribution in [-0.2, 0) is 4.65 Å². The van der Waals surface area contributed by atoms with Crippen LogP contribution in [0.1, 0.15) is 67.2 Å². The van der Waals surface area contributed by atoms with Crippen LogP contribution in [0.5, 0.6) is 0 Å². The van der Waals surface area contributed by atoms with E-state index in [1.54, 1.807) is 0 Å². The van der Waals surface area contributed by atoms with E-state index in [2.05, 4.69) is 41.5 Å². The summed E-state index contributed by atoms with van der Waals surface area (Å²) in [7, 11) is 2.00. The highest BCUT2D eigenvalue weighted by Crippen LogP contribution is 2.69. The van der Waals surface area contributed by atoms with Gasteiger partial charge in [-0.05, 0) is 70.8 Å². The lowest BCUT2D eigenvalue weighted by Gasteiger charge is -2.65. The van der Waals surface area contributed by atoms with Crippen LogP contribution in [0.2, 0.25) is 11.6 Å². The van der Waals surface area contributed by atoms with E-state index in [4.69, 9.17) is 4.65 Å². The molecule has 0 aromatic rings. The zero-order valence-electron chi connectivity index (χ0n) is 16.4. The van der Waals surface area contributed by atoms with Crippen molar-refractivity contribution in [3.05, 3.63) is 0 Å². The van der Waals surface area contributed by atoms with E-state index < -0.39 is 0 Å². The highest BCUT2D eigenvalue weighted by molar-refractivity contribution is 6.55. The normalized spacial score (nSPS) is 52.3. The van der Waals surface area contributed by atoms with Crippen LogP contribution in [0.25, 0.3) is 0 Å². The van der Waals surface area contributed by atoms with Gasteiger partial charge in [-0.1, -0.05) is 54.4 Å². The Kier molecular flexibility index (Phi) is 3.60. The summed E-state index contributed by atoms with van der Waals surface area (Å²) < 4.78 is 6.24. The molecule has 8 atom stereocenters. The number of fused-ring (bicyclic) bond motifs is 4. The number of hydrogen-bond donors (Lipinski definition) is 0. The Labute approximate surface area is 144 Å². The molecule has 2 heteroatoms. The first-order valence-electron chi connectivity index (χ1n) is 10.2. The van der Waals surface area contributed by atoms with Gasteiger partial charge in [-0.15, -0.1) is 0 Å². The Morgan fingerprint density at radius 2 is 1.13 bits per heavy atom. The van der Waals surface area contributed by atoms with Crippen molar-refractivity contribution in [2.75, 3.05) is 7.11 Å². The summed E-state index contributed by atoms with van der Waals surface area (Å²) in [5.74, 6) is 7.10. The van der Waals surface area contributed by atoms with E-state index >= 15 is 0 Å². The molecule has 0 unspecified atom stereocenters. The second-order valence-corrected chi connectivity index (χ2v) is 10.9. The molecule has 6 aliphatic carbocycles. The van der Waals surface area contributed by atoms with Gasteiger partial charge in [-0.3, -0.25) is 0 Å². The third-order valence-electron chi connectivity index (χ3n) is 9.94. The van der Waals surface area contributed by atoms with Crippen molar-refractivity contribution in [1.82, 2.24) is 0 Å². The molecule has 0 heterocycles. The van der Waals surface area contributed by atoms with Gasteiger partial charge >= 0.3 is 0 Å². The first-order chi connectivity index (χ1) is 10.7. The third-order valence-corrected chi connectivity index (χ3v) is 9.94. The molecular weight excluding hydrogens is 279 g/mol. The average Bonchev–Trinajstić information content (AvgIpc) is 2.49. The maximum atomic E-state index is 6.24. The smallest absolute Gasteiger partial charge is 0.299 e. The van der Waals surface area contributed by atoms with Crippen LogP contribution in [0.3, 0.4) is 0 Å². The van der Waals surface area contributed by atoms with Crippen molar-refractivity contribution in [2.24, 2.45) is 46.3 Å². The summed E-state index contributed by atoms with van der Waals surface area (Å²) in [6.07, 6.45) is 5.81. The number of hydrogen-bond acceptors (Lipinski definition) is 1. The van der Waals surface area contributed by atoms with E-state index in [0.29, 0.717) is 17.7 Å². The first kappa shape index (κ1) is 16.5. The van der Waals surface area contributed by atoms with E-state index in [1.165, 1.54) is 25.7 Å². The SMILES string of the molecule is COB([C@H]1C[C@H]2C[C@@H]([C@H]1C)C2(C)C)[C@H]1C[C@H]2C[C@@H]([C@H]1C)C2(C)C. The average molecular weight is 316 g/mol. The minimum Gasteiger partial charge on any atom is -0.438 e. The molecule has 6 saturated carbocycles. The van der Waals surface area contributed by atoms with E-state index in [-0.39, 0.29) is 0 Å². The van der Waals surface area contributed by atoms with Crippen LogP contribution in [0, 0.1) is 46.3 Å². The lowest BCUT2D eigenvalue weighted by molar-refractivity contribution is -0.110. The van der Waals surface area contributed by atoms with Gasteiger partial charge < -0.3 is 4.65 Å². The number of rotatable bonds is 3. The summed E-state index contributed by atoms with van der Waals surface area (Å²) in [5.41, 5.74) is 1.19. The minimum atomic E-state index is 0.516. The van der Waals surface area contributed by atoms with Crippen molar-refractivity contribution in [2.45, 2.75) is 78.9 Å². The zero-order chi connectivity index (χ0) is 16.7. The molecule has 0 saturated heterocycles. The maximum Gasteiger partial charge on any atom is 0.299 e. The maximum absolute atomic E-state index is 6.24. The minimum absolute atomic E-state index is 0.516. The molecule has 23 heavy (non-hydrogen) atoms. The molecule has 0 spiro atoms. The molecule has 1 nitrogen and oxygen atoms in total. The van der Waals surface area contributed by atoms with Crippen LogP contribution >= 0.6 is 0 Å². The fourth-order valence-corrected chi connectivity index (χ4v) is 7.91. The molecule has 6 aliphatic rings. The monoisotopic (exact) mass is 316 g/mol. The van der Waals surface area contributed by atoms with Gasteiger partial charge in [0.05, 0.1) is 0 Å². The van der Waals surface area contributed by atoms with Crippen molar-refractivity contribution in [1.29, 1.82) is 0 Å². The molecule has 0 N–H and O–H groups in total. The van der Waals surface area contributed by atoms with Gasteiger partial charge in [-0.25, -0.2) is 0 Å². The quantitative estimate of drug-likeness (QED) is 0.601. The molecule has 6 rings (SSSR count). The van der Waals surface area contributed by atoms with Gasteiger partial charge in [0.1, 0.15) is 0 Å². The highest BCUT2D eigenvalue weighted by Gasteiger charge is 2.62. The van der Waals surface area contributed by atoms with Crippen LogP contribution in [0.4, 0.5) is 0 Å². The van der Waals surface area contributed by atoms with Crippen LogP contribution in [0.15, 0.2) is 0 Å². The molecule has 0 aromatic heterocycles. The summed E-state index contributed by atoms with van der Waals surface area (Å²) >= 11 is 0. The van der Waals surface area contributed by atoms with Crippen molar-refractivity contribution < 1.29 is 4.65 Å². The zero-order valence-corrected chi connectivity index (χ0v) is 16.4. The molecular formula is C21H37BO. The second kappa shape index (κ2) is 5.02. The predicted molar refractivity (Wildman–Crippen MR) is 98.6 cm³/mol. The van der Waals surface area contributed by atoms with Crippen LogP contribution < -0.4 is 0 Å². The van der Waals surface area contributed by atoms with E-state index in [1.807, 2.05) is 7.11 Å². The van der Waals surface area contributed by atoms with Crippen LogP contribution in [-0.4, -0.2) is 14.0 Å². The Balaban J connectivity index is 1.52. The molecule has 0 radical (unpaired) electrons. The summed E-state index contributed by atoms with van der Waals surface area (Å²) in [5, 5.41) is 0. The standard InChI is InChI=1S/C21H37BO/c1-12-16-8-14(20(16,3)4)10-18(12)22(23-7)19-11-15-9-17(13(19)2)21(15,5)6/h12-19H,8-11H2,1-7H3/t12-,13-,14-,15-,16+,17+,18+,19+/m1/s1. The molecule has 6 fully saturated rings. The topological polar surface area (TPSA) is 9.23 Å². The van der Waals surface area contributed by atoms with Gasteiger partial charge in [0, 0.05) is 7.11 Å². The Morgan fingerprint density at radius 1 is 0.739 bits per heavy atom. The summed E-state index contributed by atoms with van der Waals surface area (Å²) in [4.78, 5) is 0. The molecule has 0 aliphatic heterocycles. The Bertz CT molecular complexity index is 442. The summed E-state index contributed by atoms with van der Waals surface area (Å²) in [6.45, 7) is 15.7. The highest BCUT2D eigenvalue weighted by atomic mass is 16.4. The van der Waals surface area contributed by atoms with E-state index in [9.17, 15) is 0 Å². The lowest BCUT2D eigenvalue weighted by atomic mass is 9.27. The second-order valence-electron chi connectivity index (χ2n) is 10.9. The van der Waals surface area contributed by atoms with Crippen molar-refractivity contribution >= 4 is 6.92 Å². The summed E-state index contributed by atoms with van der Waals surface area (Å²) in [6, 6.07) is 0. The molecule has 0 amide bonds.